The highest BCUT2D eigenvalue weighted by atomic mass is 32.2. The summed E-state index contributed by atoms with van der Waals surface area (Å²) in [5, 5.41) is 8.15. The lowest BCUT2D eigenvalue weighted by molar-refractivity contribution is -0.115. The zero-order valence-corrected chi connectivity index (χ0v) is 27.6. The van der Waals surface area contributed by atoms with Gasteiger partial charge < -0.3 is 25.1 Å². The quantitative estimate of drug-likeness (QED) is 0.0626. The van der Waals surface area contributed by atoms with Gasteiger partial charge in [-0.05, 0) is 86.1 Å². The summed E-state index contributed by atoms with van der Waals surface area (Å²) in [7, 11) is 0. The molecular weight excluding hydrogens is 623 g/mol. The minimum absolute atomic E-state index is 0.0158. The maximum Gasteiger partial charge on any atom is 0.272 e. The predicted molar refractivity (Wildman–Crippen MR) is 192 cm³/mol. The van der Waals surface area contributed by atoms with E-state index in [1.54, 1.807) is 42.5 Å². The first-order chi connectivity index (χ1) is 23.4. The number of carbonyl (C=O) groups excluding carboxylic acids is 3. The Kier molecular flexibility index (Phi) is 11.9. The number of unbranched alkanes of at least 4 members (excludes halogenated alkanes) is 1. The fourth-order valence-corrected chi connectivity index (χ4v) is 5.43. The van der Waals surface area contributed by atoms with Crippen molar-refractivity contribution in [3.05, 3.63) is 138 Å². The van der Waals surface area contributed by atoms with Crippen molar-refractivity contribution in [2.45, 2.75) is 36.8 Å². The van der Waals surface area contributed by atoms with Crippen LogP contribution in [-0.4, -0.2) is 29.6 Å². The third-order valence-corrected chi connectivity index (χ3v) is 8.30. The third kappa shape index (κ3) is 9.73. The van der Waals surface area contributed by atoms with Crippen LogP contribution in [0, 0.1) is 0 Å². The highest BCUT2D eigenvalue weighted by molar-refractivity contribution is 8.00. The van der Waals surface area contributed by atoms with Crippen molar-refractivity contribution in [2.75, 3.05) is 17.2 Å². The first-order valence-electron chi connectivity index (χ1n) is 15.7. The van der Waals surface area contributed by atoms with Crippen molar-refractivity contribution in [3.8, 4) is 17.1 Å². The highest BCUT2D eigenvalue weighted by Crippen LogP contribution is 2.27. The Morgan fingerprint density at radius 2 is 1.44 bits per heavy atom. The minimum Gasteiger partial charge on any atom is -0.494 e. The first-order valence-corrected chi connectivity index (χ1v) is 16.6. The van der Waals surface area contributed by atoms with Gasteiger partial charge in [-0.1, -0.05) is 61.9 Å². The average molecular weight is 660 g/mol. The number of rotatable bonds is 14. The molecule has 1 atom stereocenters. The van der Waals surface area contributed by atoms with E-state index in [2.05, 4.69) is 22.9 Å². The Morgan fingerprint density at radius 3 is 2.12 bits per heavy atom. The second-order valence-electron chi connectivity index (χ2n) is 10.9. The van der Waals surface area contributed by atoms with Crippen molar-refractivity contribution < 1.29 is 23.5 Å². The van der Waals surface area contributed by atoms with Crippen molar-refractivity contribution >= 4 is 46.9 Å². The summed E-state index contributed by atoms with van der Waals surface area (Å²) in [5.41, 5.74) is 2.54. The molecule has 1 aromatic heterocycles. The van der Waals surface area contributed by atoms with E-state index in [0.29, 0.717) is 35.1 Å². The highest BCUT2D eigenvalue weighted by Gasteiger charge is 2.18. The van der Waals surface area contributed by atoms with Crippen molar-refractivity contribution in [1.82, 2.24) is 5.32 Å². The zero-order valence-electron chi connectivity index (χ0n) is 26.8. The Morgan fingerprint density at radius 1 is 0.792 bits per heavy atom. The number of carbonyl (C=O) groups is 3. The normalized spacial score (nSPS) is 11.8. The predicted octanol–water partition coefficient (Wildman–Crippen LogP) is 8.65. The molecule has 0 bridgehead atoms. The number of amides is 3. The molecule has 5 rings (SSSR count). The molecule has 0 aliphatic heterocycles. The van der Waals surface area contributed by atoms with Gasteiger partial charge in [0.05, 0.1) is 11.9 Å². The number of hydrogen-bond donors (Lipinski definition) is 3. The fourth-order valence-electron chi connectivity index (χ4n) is 4.56. The molecule has 0 radical (unpaired) electrons. The van der Waals surface area contributed by atoms with Crippen LogP contribution >= 0.6 is 11.8 Å². The van der Waals surface area contributed by atoms with Crippen molar-refractivity contribution in [1.29, 1.82) is 0 Å². The molecule has 244 valence electrons. The number of anilines is 2. The number of hydrogen-bond acceptors (Lipinski definition) is 6. The molecule has 9 heteroatoms. The molecule has 8 nitrogen and oxygen atoms in total. The average Bonchev–Trinajstić information content (AvgIpc) is 3.59. The fraction of sp³-hybridized carbons (Fsp3) is 0.154. The van der Waals surface area contributed by atoms with Gasteiger partial charge in [0.2, 0.25) is 5.91 Å². The second-order valence-corrected chi connectivity index (χ2v) is 12.3. The largest absolute Gasteiger partial charge is 0.494 e. The molecule has 0 spiro atoms. The van der Waals surface area contributed by atoms with Crippen molar-refractivity contribution in [2.24, 2.45) is 0 Å². The Bertz CT molecular complexity index is 1840. The maximum absolute atomic E-state index is 13.5. The lowest BCUT2D eigenvalue weighted by Crippen LogP contribution is -2.30. The lowest BCUT2D eigenvalue weighted by atomic mass is 10.2. The van der Waals surface area contributed by atoms with E-state index in [9.17, 15) is 14.4 Å². The van der Waals surface area contributed by atoms with Crippen LogP contribution in [0.25, 0.3) is 17.4 Å². The van der Waals surface area contributed by atoms with Crippen molar-refractivity contribution in [3.63, 3.8) is 0 Å². The standard InChI is InChI=1S/C39H37N3O5S/c1-3-4-25-46-32-19-15-30(16-20-32)40-37(43)27(2)48-34-22-17-31(18-23-34)41-39(45)35(42-38(44)29-13-9-6-10-14-29)26-33-21-24-36(47-33)28-11-7-5-8-12-28/h5-24,26-27H,3-4,25H2,1-2H3,(H,40,43)(H,41,45)(H,42,44)/b35-26-/t27-/m1/s1. The summed E-state index contributed by atoms with van der Waals surface area (Å²) < 4.78 is 11.7. The van der Waals surface area contributed by atoms with E-state index in [1.807, 2.05) is 85.8 Å². The second kappa shape index (κ2) is 16.9. The van der Waals surface area contributed by atoms with E-state index in [1.165, 1.54) is 17.8 Å². The monoisotopic (exact) mass is 659 g/mol. The Balaban J connectivity index is 1.22. The maximum atomic E-state index is 13.5. The molecule has 0 fully saturated rings. The molecule has 4 aromatic carbocycles. The molecule has 0 saturated carbocycles. The SMILES string of the molecule is CCCCOc1ccc(NC(=O)[C@@H](C)Sc2ccc(NC(=O)/C(=C/c3ccc(-c4ccccc4)o3)NC(=O)c3ccccc3)cc2)cc1. The molecule has 3 N–H and O–H groups in total. The number of thioether (sulfide) groups is 1. The van der Waals surface area contributed by atoms with Gasteiger partial charge in [0.25, 0.3) is 11.8 Å². The van der Waals surface area contributed by atoms with Gasteiger partial charge in [-0.15, -0.1) is 11.8 Å². The molecule has 0 aliphatic carbocycles. The molecule has 3 amide bonds. The van der Waals surface area contributed by atoms with Gasteiger partial charge in [-0.2, -0.15) is 0 Å². The van der Waals surface area contributed by atoms with Gasteiger partial charge in [0.15, 0.2) is 0 Å². The molecule has 0 saturated heterocycles. The first kappa shape index (κ1) is 33.8. The van der Waals surface area contributed by atoms with Crippen LogP contribution < -0.4 is 20.7 Å². The van der Waals surface area contributed by atoms with Crippen LogP contribution in [0.3, 0.4) is 0 Å². The Hall–Kier alpha value is -5.54. The Labute approximate surface area is 284 Å². The van der Waals surface area contributed by atoms with E-state index >= 15 is 0 Å². The van der Waals surface area contributed by atoms with Crippen LogP contribution in [0.1, 0.15) is 42.8 Å². The van der Waals surface area contributed by atoms with Gasteiger partial charge in [-0.3, -0.25) is 14.4 Å². The topological polar surface area (TPSA) is 110 Å². The van der Waals surface area contributed by atoms with Gasteiger partial charge in [-0.25, -0.2) is 0 Å². The van der Waals surface area contributed by atoms with Crippen LogP contribution in [0.4, 0.5) is 11.4 Å². The van der Waals surface area contributed by atoms with Gasteiger partial charge >= 0.3 is 0 Å². The lowest BCUT2D eigenvalue weighted by Gasteiger charge is -2.14. The molecule has 0 unspecified atom stereocenters. The molecule has 0 aliphatic rings. The summed E-state index contributed by atoms with van der Waals surface area (Å²) in [5.74, 6) is 0.735. The summed E-state index contributed by atoms with van der Waals surface area (Å²) >= 11 is 1.40. The zero-order chi connectivity index (χ0) is 33.7. The van der Waals surface area contributed by atoms with E-state index in [-0.39, 0.29) is 16.9 Å². The van der Waals surface area contributed by atoms with E-state index in [4.69, 9.17) is 9.15 Å². The molecular formula is C39H37N3O5S. The summed E-state index contributed by atoms with van der Waals surface area (Å²) in [6, 6.07) is 36.3. The van der Waals surface area contributed by atoms with Crippen LogP contribution in [0.2, 0.25) is 0 Å². The number of furan rings is 1. The number of nitrogens with one attached hydrogen (secondary N) is 3. The summed E-state index contributed by atoms with van der Waals surface area (Å²) in [4.78, 5) is 40.2. The molecule has 48 heavy (non-hydrogen) atoms. The van der Waals surface area contributed by atoms with Crippen LogP contribution in [0.15, 0.2) is 136 Å². The van der Waals surface area contributed by atoms with E-state index in [0.717, 1.165) is 29.1 Å². The molecule has 1 heterocycles. The minimum atomic E-state index is -0.521. The smallest absolute Gasteiger partial charge is 0.272 e. The summed E-state index contributed by atoms with van der Waals surface area (Å²) in [6.07, 6.45) is 3.56. The van der Waals surface area contributed by atoms with E-state index < -0.39 is 11.8 Å². The van der Waals surface area contributed by atoms with Gasteiger partial charge in [0, 0.05) is 33.5 Å². The number of ether oxygens (including phenoxy) is 1. The summed E-state index contributed by atoms with van der Waals surface area (Å²) in [6.45, 7) is 4.62. The van der Waals surface area contributed by atoms with Crippen LogP contribution in [-0.2, 0) is 9.59 Å². The third-order valence-electron chi connectivity index (χ3n) is 7.18. The number of benzene rings is 4. The van der Waals surface area contributed by atoms with Gasteiger partial charge in [0.1, 0.15) is 23.0 Å². The van der Waals surface area contributed by atoms with Crippen LogP contribution in [0.5, 0.6) is 5.75 Å². The molecule has 5 aromatic rings.